The van der Waals surface area contributed by atoms with E-state index >= 15 is 0 Å². The molecule has 0 radical (unpaired) electrons. The molecule has 0 unspecified atom stereocenters. The number of anilines is 4. The maximum atomic E-state index is 8.86. The Kier molecular flexibility index (Phi) is 4.86. The molecule has 6 nitrogen and oxygen atoms in total. The van der Waals surface area contributed by atoms with Gasteiger partial charge in [0.1, 0.15) is 0 Å². The maximum absolute atomic E-state index is 8.86. The van der Waals surface area contributed by atoms with E-state index in [1.165, 1.54) is 5.56 Å². The number of benzene rings is 2. The Labute approximate surface area is 146 Å². The molecule has 25 heavy (non-hydrogen) atoms. The Morgan fingerprint density at radius 3 is 2.64 bits per heavy atom. The number of hydrogen-bond acceptors (Lipinski definition) is 6. The Hall–Kier alpha value is -3.46. The highest BCUT2D eigenvalue weighted by atomic mass is 15.3. The zero-order valence-corrected chi connectivity index (χ0v) is 14.1. The van der Waals surface area contributed by atoms with Gasteiger partial charge < -0.3 is 10.2 Å². The average Bonchev–Trinajstić information content (AvgIpc) is 2.63. The number of aryl methyl sites for hydroxylation is 1. The van der Waals surface area contributed by atoms with E-state index in [-0.39, 0.29) is 0 Å². The zero-order valence-electron chi connectivity index (χ0n) is 14.1. The Morgan fingerprint density at radius 1 is 1.16 bits per heavy atom. The van der Waals surface area contributed by atoms with E-state index in [0.717, 1.165) is 23.7 Å². The van der Waals surface area contributed by atoms with Crippen molar-refractivity contribution in [2.75, 3.05) is 16.8 Å². The van der Waals surface area contributed by atoms with Crippen LogP contribution in [-0.2, 0) is 0 Å². The molecule has 3 aromatic rings. The lowest BCUT2D eigenvalue weighted by Crippen LogP contribution is -2.18. The highest BCUT2D eigenvalue weighted by molar-refractivity contribution is 5.62. The fourth-order valence-electron chi connectivity index (χ4n) is 2.51. The lowest BCUT2D eigenvalue weighted by atomic mass is 10.2. The molecule has 0 amide bonds. The van der Waals surface area contributed by atoms with Gasteiger partial charge in [0.2, 0.25) is 5.95 Å². The molecule has 0 bridgehead atoms. The average molecular weight is 330 g/mol. The highest BCUT2D eigenvalue weighted by Gasteiger charge is 2.11. The van der Waals surface area contributed by atoms with Crippen molar-refractivity contribution in [2.24, 2.45) is 0 Å². The summed E-state index contributed by atoms with van der Waals surface area (Å²) in [6.45, 7) is 4.89. The van der Waals surface area contributed by atoms with Gasteiger partial charge in [-0.15, -0.1) is 5.10 Å². The fraction of sp³-hybridized carbons (Fsp3) is 0.158. The Balaban J connectivity index is 1.85. The Morgan fingerprint density at radius 2 is 1.96 bits per heavy atom. The van der Waals surface area contributed by atoms with Gasteiger partial charge in [0.15, 0.2) is 5.82 Å². The lowest BCUT2D eigenvalue weighted by Gasteiger charge is -2.22. The summed E-state index contributed by atoms with van der Waals surface area (Å²) in [4.78, 5) is 6.64. The number of aromatic nitrogens is 3. The van der Waals surface area contributed by atoms with Crippen molar-refractivity contribution in [3.8, 4) is 6.07 Å². The molecule has 0 aliphatic rings. The summed E-state index contributed by atoms with van der Waals surface area (Å²) in [5.41, 5.74) is 3.66. The first-order chi connectivity index (χ1) is 12.2. The SMILES string of the molecule is CCN(c1cccc(C)c1)c1cnnc(Nc2ccc(C#N)cc2)n1. The standard InChI is InChI=1S/C19H18N6/c1-3-25(17-6-4-5-14(2)11-17)18-13-21-24-19(23-18)22-16-9-7-15(12-20)8-10-16/h4-11,13H,3H2,1-2H3,(H,22,23,24). The normalized spacial score (nSPS) is 10.1. The molecular weight excluding hydrogens is 312 g/mol. The second-order valence-corrected chi connectivity index (χ2v) is 5.54. The van der Waals surface area contributed by atoms with Crippen LogP contribution in [0.2, 0.25) is 0 Å². The van der Waals surface area contributed by atoms with Crippen LogP contribution in [0.15, 0.2) is 54.7 Å². The van der Waals surface area contributed by atoms with Crippen LogP contribution in [0.4, 0.5) is 23.1 Å². The fourth-order valence-corrected chi connectivity index (χ4v) is 2.51. The number of nitrogens with one attached hydrogen (secondary N) is 1. The molecule has 6 heteroatoms. The largest absolute Gasteiger partial charge is 0.325 e. The van der Waals surface area contributed by atoms with E-state index in [1.54, 1.807) is 18.3 Å². The molecule has 1 heterocycles. The first-order valence-corrected chi connectivity index (χ1v) is 8.00. The molecule has 0 atom stereocenters. The van der Waals surface area contributed by atoms with Gasteiger partial charge in [-0.05, 0) is 55.8 Å². The quantitative estimate of drug-likeness (QED) is 0.763. The van der Waals surface area contributed by atoms with Gasteiger partial charge in [-0.3, -0.25) is 0 Å². The van der Waals surface area contributed by atoms with E-state index in [1.807, 2.05) is 24.3 Å². The summed E-state index contributed by atoms with van der Waals surface area (Å²) in [6, 6.07) is 17.4. The van der Waals surface area contributed by atoms with Crippen molar-refractivity contribution in [3.63, 3.8) is 0 Å². The smallest absolute Gasteiger partial charge is 0.249 e. The van der Waals surface area contributed by atoms with Crippen LogP contribution in [0.5, 0.6) is 0 Å². The minimum absolute atomic E-state index is 0.410. The molecule has 0 spiro atoms. The molecule has 0 aliphatic heterocycles. The molecule has 0 aliphatic carbocycles. The molecule has 3 rings (SSSR count). The summed E-state index contributed by atoms with van der Waals surface area (Å²) in [5.74, 6) is 1.13. The first kappa shape index (κ1) is 16.4. The van der Waals surface area contributed by atoms with E-state index in [0.29, 0.717) is 11.5 Å². The molecule has 124 valence electrons. The van der Waals surface area contributed by atoms with Crippen molar-refractivity contribution in [3.05, 3.63) is 65.9 Å². The third-order valence-electron chi connectivity index (χ3n) is 3.72. The molecule has 0 saturated carbocycles. The van der Waals surface area contributed by atoms with Crippen molar-refractivity contribution < 1.29 is 0 Å². The van der Waals surface area contributed by atoms with E-state index in [2.05, 4.69) is 57.4 Å². The summed E-state index contributed by atoms with van der Waals surface area (Å²) < 4.78 is 0. The topological polar surface area (TPSA) is 77.7 Å². The third kappa shape index (κ3) is 3.90. The molecule has 1 N–H and O–H groups in total. The van der Waals surface area contributed by atoms with Crippen LogP contribution in [-0.4, -0.2) is 21.7 Å². The minimum Gasteiger partial charge on any atom is -0.325 e. The van der Waals surface area contributed by atoms with Crippen molar-refractivity contribution >= 4 is 23.1 Å². The summed E-state index contributed by atoms with van der Waals surface area (Å²) in [6.07, 6.45) is 1.65. The summed E-state index contributed by atoms with van der Waals surface area (Å²) in [5, 5.41) is 20.1. The van der Waals surface area contributed by atoms with Crippen LogP contribution in [0.3, 0.4) is 0 Å². The van der Waals surface area contributed by atoms with Crippen LogP contribution in [0, 0.1) is 18.3 Å². The number of nitriles is 1. The van der Waals surface area contributed by atoms with Gasteiger partial charge in [-0.2, -0.15) is 15.3 Å². The van der Waals surface area contributed by atoms with E-state index in [9.17, 15) is 0 Å². The Bertz CT molecular complexity index is 898. The molecule has 0 saturated heterocycles. The lowest BCUT2D eigenvalue weighted by molar-refractivity contribution is 0.921. The molecule has 1 aromatic heterocycles. The number of nitrogens with zero attached hydrogens (tertiary/aromatic N) is 5. The van der Waals surface area contributed by atoms with Crippen LogP contribution >= 0.6 is 0 Å². The van der Waals surface area contributed by atoms with Crippen molar-refractivity contribution in [1.29, 1.82) is 5.26 Å². The molecular formula is C19H18N6. The van der Waals surface area contributed by atoms with Gasteiger partial charge in [-0.1, -0.05) is 12.1 Å². The van der Waals surface area contributed by atoms with Gasteiger partial charge in [0.25, 0.3) is 0 Å². The number of rotatable bonds is 5. The van der Waals surface area contributed by atoms with Crippen LogP contribution in [0.25, 0.3) is 0 Å². The van der Waals surface area contributed by atoms with Crippen LogP contribution in [0.1, 0.15) is 18.1 Å². The van der Waals surface area contributed by atoms with Crippen LogP contribution < -0.4 is 10.2 Å². The van der Waals surface area contributed by atoms with Gasteiger partial charge >= 0.3 is 0 Å². The van der Waals surface area contributed by atoms with E-state index in [4.69, 9.17) is 5.26 Å². The van der Waals surface area contributed by atoms with E-state index < -0.39 is 0 Å². The zero-order chi connectivity index (χ0) is 17.6. The maximum Gasteiger partial charge on any atom is 0.249 e. The highest BCUT2D eigenvalue weighted by Crippen LogP contribution is 2.24. The number of hydrogen-bond donors (Lipinski definition) is 1. The molecule has 0 fully saturated rings. The second kappa shape index (κ2) is 7.41. The molecule has 2 aromatic carbocycles. The minimum atomic E-state index is 0.410. The third-order valence-corrected chi connectivity index (χ3v) is 3.72. The van der Waals surface area contributed by atoms with Gasteiger partial charge in [-0.25, -0.2) is 0 Å². The monoisotopic (exact) mass is 330 g/mol. The van der Waals surface area contributed by atoms with Gasteiger partial charge in [0, 0.05) is 17.9 Å². The van der Waals surface area contributed by atoms with Gasteiger partial charge in [0.05, 0.1) is 17.8 Å². The first-order valence-electron chi connectivity index (χ1n) is 8.00. The predicted octanol–water partition coefficient (Wildman–Crippen LogP) is 3.95. The predicted molar refractivity (Wildman–Crippen MR) is 98.1 cm³/mol. The second-order valence-electron chi connectivity index (χ2n) is 5.54. The summed E-state index contributed by atoms with van der Waals surface area (Å²) >= 11 is 0. The van der Waals surface area contributed by atoms with Crippen molar-refractivity contribution in [1.82, 2.24) is 15.2 Å². The van der Waals surface area contributed by atoms with Crippen molar-refractivity contribution in [2.45, 2.75) is 13.8 Å². The summed E-state index contributed by atoms with van der Waals surface area (Å²) in [7, 11) is 0.